The van der Waals surface area contributed by atoms with Gasteiger partial charge in [-0.1, -0.05) is 33.6 Å². The van der Waals surface area contributed by atoms with Crippen molar-refractivity contribution in [2.75, 3.05) is 11.9 Å². The van der Waals surface area contributed by atoms with Gasteiger partial charge in [-0.25, -0.2) is 0 Å². The molecule has 0 aliphatic heterocycles. The molecule has 0 fully saturated rings. The molecule has 2 aromatic carbocycles. The predicted molar refractivity (Wildman–Crippen MR) is 96.5 cm³/mol. The molecule has 0 amide bonds. The van der Waals surface area contributed by atoms with Crippen molar-refractivity contribution in [2.24, 2.45) is 0 Å². The predicted octanol–water partition coefficient (Wildman–Crippen LogP) is 6.18. The molecule has 112 valence electrons. The third-order valence-corrected chi connectivity index (χ3v) is 4.57. The molecule has 2 aromatic rings. The van der Waals surface area contributed by atoms with Gasteiger partial charge in [0.2, 0.25) is 0 Å². The van der Waals surface area contributed by atoms with E-state index in [1.807, 2.05) is 38.1 Å². The van der Waals surface area contributed by atoms with Gasteiger partial charge in [-0.2, -0.15) is 0 Å². The Morgan fingerprint density at radius 3 is 2.71 bits per heavy atom. The van der Waals surface area contributed by atoms with Crippen molar-refractivity contribution >= 4 is 49.1 Å². The Kier molecular flexibility index (Phi) is 5.97. The minimum atomic E-state index is 0.628. The summed E-state index contributed by atoms with van der Waals surface area (Å²) in [5, 5.41) is 4.18. The second kappa shape index (κ2) is 7.52. The minimum Gasteiger partial charge on any atom is -0.492 e. The number of halogens is 3. The van der Waals surface area contributed by atoms with Crippen LogP contribution in [0.5, 0.6) is 5.75 Å². The highest BCUT2D eigenvalue weighted by Crippen LogP contribution is 2.34. The van der Waals surface area contributed by atoms with E-state index in [1.54, 1.807) is 0 Å². The van der Waals surface area contributed by atoms with Crippen LogP contribution >= 0.6 is 43.5 Å². The first-order chi connectivity index (χ1) is 10.0. The van der Waals surface area contributed by atoms with Crippen LogP contribution in [0.2, 0.25) is 5.02 Å². The van der Waals surface area contributed by atoms with Crippen molar-refractivity contribution < 1.29 is 4.74 Å². The highest BCUT2D eigenvalue weighted by atomic mass is 79.9. The van der Waals surface area contributed by atoms with Crippen LogP contribution in [0.3, 0.4) is 0 Å². The highest BCUT2D eigenvalue weighted by Gasteiger charge is 2.10. The lowest BCUT2D eigenvalue weighted by atomic mass is 10.1. The van der Waals surface area contributed by atoms with Crippen LogP contribution in [-0.4, -0.2) is 6.61 Å². The molecule has 0 saturated carbocycles. The van der Waals surface area contributed by atoms with Gasteiger partial charge in [-0.3, -0.25) is 0 Å². The zero-order chi connectivity index (χ0) is 15.4. The van der Waals surface area contributed by atoms with Crippen LogP contribution in [-0.2, 0) is 6.54 Å². The number of hydrogen-bond acceptors (Lipinski definition) is 2. The zero-order valence-electron chi connectivity index (χ0n) is 11.8. The largest absolute Gasteiger partial charge is 0.492 e. The third-order valence-electron chi connectivity index (χ3n) is 3.11. The molecule has 0 heterocycles. The topological polar surface area (TPSA) is 21.3 Å². The average Bonchev–Trinajstić information content (AvgIpc) is 2.44. The summed E-state index contributed by atoms with van der Waals surface area (Å²) in [5.74, 6) is 0.868. The zero-order valence-corrected chi connectivity index (χ0v) is 15.8. The van der Waals surface area contributed by atoms with E-state index in [0.29, 0.717) is 13.2 Å². The molecule has 0 unspecified atom stereocenters. The van der Waals surface area contributed by atoms with Crippen LogP contribution in [0.1, 0.15) is 18.1 Å². The quantitative estimate of drug-likeness (QED) is 0.608. The van der Waals surface area contributed by atoms with E-state index >= 15 is 0 Å². The van der Waals surface area contributed by atoms with Gasteiger partial charge in [0, 0.05) is 27.3 Å². The SMILES string of the molecule is CCOc1c(Br)cc(Br)cc1CNc1cccc(Cl)c1C. The molecule has 2 rings (SSSR count). The molecule has 1 N–H and O–H groups in total. The number of nitrogens with one attached hydrogen (secondary N) is 1. The van der Waals surface area contributed by atoms with Crippen molar-refractivity contribution in [3.05, 3.63) is 55.4 Å². The summed E-state index contributed by atoms with van der Waals surface area (Å²) >= 11 is 13.2. The van der Waals surface area contributed by atoms with Crippen molar-refractivity contribution in [2.45, 2.75) is 20.4 Å². The number of hydrogen-bond donors (Lipinski definition) is 1. The van der Waals surface area contributed by atoms with E-state index in [1.165, 1.54) is 0 Å². The van der Waals surface area contributed by atoms with Gasteiger partial charge < -0.3 is 10.1 Å². The van der Waals surface area contributed by atoms with Gasteiger partial charge in [-0.15, -0.1) is 0 Å². The Bertz CT molecular complexity index is 646. The van der Waals surface area contributed by atoms with Crippen LogP contribution < -0.4 is 10.1 Å². The fraction of sp³-hybridized carbons (Fsp3) is 0.250. The number of anilines is 1. The normalized spacial score (nSPS) is 10.5. The van der Waals surface area contributed by atoms with Gasteiger partial charge in [0.1, 0.15) is 5.75 Å². The van der Waals surface area contributed by atoms with Crippen molar-refractivity contribution in [1.29, 1.82) is 0 Å². The molecule has 0 saturated heterocycles. The maximum atomic E-state index is 6.15. The minimum absolute atomic E-state index is 0.628. The Balaban J connectivity index is 2.25. The molecule has 0 aliphatic carbocycles. The molecule has 0 aliphatic rings. The fourth-order valence-corrected chi connectivity index (χ4v) is 3.64. The van der Waals surface area contributed by atoms with Crippen LogP contribution in [0, 0.1) is 6.92 Å². The van der Waals surface area contributed by atoms with Crippen molar-refractivity contribution in [3.63, 3.8) is 0 Å². The van der Waals surface area contributed by atoms with Gasteiger partial charge in [0.05, 0.1) is 11.1 Å². The summed E-state index contributed by atoms with van der Waals surface area (Å²) in [6, 6.07) is 9.90. The molecule has 0 spiro atoms. The maximum Gasteiger partial charge on any atom is 0.138 e. The molecule has 5 heteroatoms. The van der Waals surface area contributed by atoms with Crippen molar-refractivity contribution in [1.82, 2.24) is 0 Å². The van der Waals surface area contributed by atoms with E-state index in [2.05, 4.69) is 43.2 Å². The second-order valence-corrected chi connectivity index (χ2v) is 6.75. The van der Waals surface area contributed by atoms with Crippen LogP contribution in [0.15, 0.2) is 39.3 Å². The van der Waals surface area contributed by atoms with Gasteiger partial charge in [-0.05, 0) is 59.6 Å². The molecule has 0 atom stereocenters. The second-order valence-electron chi connectivity index (χ2n) is 4.57. The molecule has 0 bridgehead atoms. The molecule has 0 aromatic heterocycles. The van der Waals surface area contributed by atoms with Gasteiger partial charge in [0.25, 0.3) is 0 Å². The third kappa shape index (κ3) is 4.15. The molecule has 2 nitrogen and oxygen atoms in total. The van der Waals surface area contributed by atoms with Gasteiger partial charge in [0.15, 0.2) is 0 Å². The van der Waals surface area contributed by atoms with E-state index in [9.17, 15) is 0 Å². The number of rotatable bonds is 5. The highest BCUT2D eigenvalue weighted by molar-refractivity contribution is 9.11. The van der Waals surface area contributed by atoms with Crippen LogP contribution in [0.4, 0.5) is 5.69 Å². The van der Waals surface area contributed by atoms with E-state index in [0.717, 1.165) is 36.5 Å². The number of ether oxygens (including phenoxy) is 1. The lowest BCUT2D eigenvalue weighted by Crippen LogP contribution is -2.05. The first-order valence-corrected chi connectivity index (χ1v) is 8.59. The average molecular weight is 434 g/mol. The smallest absolute Gasteiger partial charge is 0.138 e. The van der Waals surface area contributed by atoms with E-state index < -0.39 is 0 Å². The molecular weight excluding hydrogens is 417 g/mol. The number of benzene rings is 2. The summed E-state index contributed by atoms with van der Waals surface area (Å²) in [5.41, 5.74) is 3.16. The summed E-state index contributed by atoms with van der Waals surface area (Å²) in [6.07, 6.45) is 0. The Morgan fingerprint density at radius 1 is 1.24 bits per heavy atom. The first-order valence-electron chi connectivity index (χ1n) is 6.62. The van der Waals surface area contributed by atoms with Crippen molar-refractivity contribution in [3.8, 4) is 5.75 Å². The maximum absolute atomic E-state index is 6.15. The summed E-state index contributed by atoms with van der Waals surface area (Å²) in [6.45, 7) is 5.27. The summed E-state index contributed by atoms with van der Waals surface area (Å²) < 4.78 is 7.69. The van der Waals surface area contributed by atoms with E-state index in [4.69, 9.17) is 16.3 Å². The van der Waals surface area contributed by atoms with Crippen LogP contribution in [0.25, 0.3) is 0 Å². The first kappa shape index (κ1) is 16.7. The fourth-order valence-electron chi connectivity index (χ4n) is 2.04. The molecule has 0 radical (unpaired) electrons. The van der Waals surface area contributed by atoms with Gasteiger partial charge >= 0.3 is 0 Å². The summed E-state index contributed by atoms with van der Waals surface area (Å²) in [4.78, 5) is 0. The lowest BCUT2D eigenvalue weighted by Gasteiger charge is -2.15. The van der Waals surface area contributed by atoms with E-state index in [-0.39, 0.29) is 0 Å². The Hall–Kier alpha value is -0.710. The standard InChI is InChI=1S/C16H16Br2ClNO/c1-3-21-16-11(7-12(17)8-13(16)18)9-20-15-6-4-5-14(19)10(15)2/h4-8,20H,3,9H2,1-2H3. The molecular formula is C16H16Br2ClNO. The molecule has 21 heavy (non-hydrogen) atoms. The lowest BCUT2D eigenvalue weighted by molar-refractivity contribution is 0.334. The Labute approximate surface area is 147 Å². The monoisotopic (exact) mass is 431 g/mol. The summed E-state index contributed by atoms with van der Waals surface area (Å²) in [7, 11) is 0. The Morgan fingerprint density at radius 2 is 2.00 bits per heavy atom.